The molecular formula is C35H42N2. The lowest BCUT2D eigenvalue weighted by Gasteiger charge is -2.44. The number of anilines is 2. The topological polar surface area (TPSA) is 6.48 Å². The second-order valence-corrected chi connectivity index (χ2v) is 12.2. The van der Waals surface area contributed by atoms with Gasteiger partial charge in [-0.15, -0.1) is 0 Å². The summed E-state index contributed by atoms with van der Waals surface area (Å²) < 4.78 is 0. The number of nitrogens with zero attached hydrogens (tertiary/aromatic N) is 2. The number of fused-ring (bicyclic) bond motifs is 2. The summed E-state index contributed by atoms with van der Waals surface area (Å²) in [6, 6.07) is 23.1. The summed E-state index contributed by atoms with van der Waals surface area (Å²) in [4.78, 5) is 5.11. The van der Waals surface area contributed by atoms with Crippen LogP contribution in [0.25, 0.3) is 11.1 Å². The number of hydrogen-bond acceptors (Lipinski definition) is 2. The maximum absolute atomic E-state index is 2.56. The molecule has 5 rings (SSSR count). The van der Waals surface area contributed by atoms with Crippen molar-refractivity contribution in [3.63, 3.8) is 0 Å². The van der Waals surface area contributed by atoms with Crippen molar-refractivity contribution in [1.82, 2.24) is 0 Å². The molecule has 0 fully saturated rings. The van der Waals surface area contributed by atoms with Gasteiger partial charge in [-0.25, -0.2) is 0 Å². The van der Waals surface area contributed by atoms with Gasteiger partial charge < -0.3 is 9.80 Å². The highest BCUT2D eigenvalue weighted by Crippen LogP contribution is 2.42. The Balaban J connectivity index is 1.40. The number of hydrogen-bond donors (Lipinski definition) is 0. The fraction of sp³-hybridized carbons (Fsp3) is 0.371. The molecule has 0 radical (unpaired) electrons. The Kier molecular flexibility index (Phi) is 6.34. The van der Waals surface area contributed by atoms with Crippen molar-refractivity contribution < 1.29 is 0 Å². The third-order valence-corrected chi connectivity index (χ3v) is 8.29. The van der Waals surface area contributed by atoms with Gasteiger partial charge in [-0.3, -0.25) is 0 Å². The van der Waals surface area contributed by atoms with Gasteiger partial charge in [-0.05, 0) is 107 Å². The number of aryl methyl sites for hydroxylation is 2. The monoisotopic (exact) mass is 490 g/mol. The molecule has 2 nitrogen and oxygen atoms in total. The lowest BCUT2D eigenvalue weighted by molar-refractivity contribution is 0.549. The highest BCUT2D eigenvalue weighted by molar-refractivity contribution is 5.82. The van der Waals surface area contributed by atoms with Gasteiger partial charge in [0, 0.05) is 35.6 Å². The molecule has 0 aromatic heterocycles. The van der Waals surface area contributed by atoms with Gasteiger partial charge in [0.2, 0.25) is 0 Å². The molecule has 192 valence electrons. The standard InChI is InChI=1S/C35H42N2/c1-9-27-15-17-33-31(19-27)26(4)21-35(7,8)37(33)23-29-13-11-28(12-14-29)22-36-32-16-10-24(2)18-30(32)25(3)20-34(36,5)6/h10-21H,9,22-23H2,1-8H3. The molecule has 2 aliphatic rings. The van der Waals surface area contributed by atoms with Crippen molar-refractivity contribution in [2.75, 3.05) is 9.80 Å². The van der Waals surface area contributed by atoms with Crippen molar-refractivity contribution in [3.05, 3.63) is 106 Å². The molecule has 0 saturated heterocycles. The van der Waals surface area contributed by atoms with Crippen LogP contribution in [0.2, 0.25) is 0 Å². The lowest BCUT2D eigenvalue weighted by Crippen LogP contribution is -2.44. The molecule has 37 heavy (non-hydrogen) atoms. The molecule has 2 aliphatic heterocycles. The molecule has 2 heterocycles. The zero-order valence-electron chi connectivity index (χ0n) is 23.9. The molecule has 0 spiro atoms. The Morgan fingerprint density at radius 3 is 1.49 bits per heavy atom. The average Bonchev–Trinajstić information content (AvgIpc) is 2.84. The maximum Gasteiger partial charge on any atom is 0.0538 e. The van der Waals surface area contributed by atoms with E-state index in [0.29, 0.717) is 0 Å². The molecule has 0 aliphatic carbocycles. The highest BCUT2D eigenvalue weighted by atomic mass is 15.2. The zero-order valence-corrected chi connectivity index (χ0v) is 23.9. The Hall–Kier alpha value is -3.26. The van der Waals surface area contributed by atoms with Crippen LogP contribution in [0.5, 0.6) is 0 Å². The van der Waals surface area contributed by atoms with Crippen LogP contribution in [0.3, 0.4) is 0 Å². The minimum Gasteiger partial charge on any atom is -0.358 e. The van der Waals surface area contributed by atoms with Crippen LogP contribution in [0.15, 0.2) is 72.8 Å². The lowest BCUT2D eigenvalue weighted by atomic mass is 9.87. The van der Waals surface area contributed by atoms with Crippen molar-refractivity contribution >= 4 is 22.5 Å². The summed E-state index contributed by atoms with van der Waals surface area (Å²) in [5, 5.41) is 0. The van der Waals surface area contributed by atoms with Crippen molar-refractivity contribution in [1.29, 1.82) is 0 Å². The number of rotatable bonds is 5. The van der Waals surface area contributed by atoms with Gasteiger partial charge in [0.15, 0.2) is 0 Å². The van der Waals surface area contributed by atoms with Gasteiger partial charge in [-0.2, -0.15) is 0 Å². The van der Waals surface area contributed by atoms with E-state index in [1.54, 1.807) is 0 Å². The molecule has 0 N–H and O–H groups in total. The van der Waals surface area contributed by atoms with Crippen LogP contribution in [-0.4, -0.2) is 11.1 Å². The van der Waals surface area contributed by atoms with E-state index in [9.17, 15) is 0 Å². The van der Waals surface area contributed by atoms with Crippen LogP contribution >= 0.6 is 0 Å². The summed E-state index contributed by atoms with van der Waals surface area (Å²) in [7, 11) is 0. The van der Waals surface area contributed by atoms with Gasteiger partial charge in [-0.1, -0.05) is 61.0 Å². The Bertz CT molecular complexity index is 1390. The van der Waals surface area contributed by atoms with Gasteiger partial charge >= 0.3 is 0 Å². The summed E-state index contributed by atoms with van der Waals surface area (Å²) in [5.74, 6) is 0. The van der Waals surface area contributed by atoms with Crippen LogP contribution < -0.4 is 9.80 Å². The molecule has 0 atom stereocenters. The van der Waals surface area contributed by atoms with Crippen molar-refractivity contribution in [2.24, 2.45) is 0 Å². The summed E-state index contributed by atoms with van der Waals surface area (Å²) in [6.45, 7) is 20.0. The molecule has 3 aromatic rings. The van der Waals surface area contributed by atoms with E-state index in [-0.39, 0.29) is 11.1 Å². The molecule has 0 unspecified atom stereocenters. The van der Waals surface area contributed by atoms with E-state index in [0.717, 1.165) is 19.5 Å². The maximum atomic E-state index is 2.56. The molecule has 0 amide bonds. The molecule has 2 heteroatoms. The summed E-state index contributed by atoms with van der Waals surface area (Å²) >= 11 is 0. The predicted octanol–water partition coefficient (Wildman–Crippen LogP) is 8.96. The fourth-order valence-corrected chi connectivity index (χ4v) is 6.24. The van der Waals surface area contributed by atoms with E-state index in [1.165, 1.54) is 55.9 Å². The van der Waals surface area contributed by atoms with E-state index >= 15 is 0 Å². The van der Waals surface area contributed by atoms with E-state index in [1.807, 2.05) is 0 Å². The summed E-state index contributed by atoms with van der Waals surface area (Å²) in [6.07, 6.45) is 5.91. The average molecular weight is 491 g/mol. The first-order chi connectivity index (χ1) is 17.5. The molecule has 3 aromatic carbocycles. The first-order valence-corrected chi connectivity index (χ1v) is 13.7. The Morgan fingerprint density at radius 2 is 1.00 bits per heavy atom. The SMILES string of the molecule is CCc1ccc2c(c1)C(C)=CC(C)(C)N2Cc1ccc(CN2c3ccc(C)cc3C(C)=CC2(C)C)cc1. The fourth-order valence-electron chi connectivity index (χ4n) is 6.24. The predicted molar refractivity (Wildman–Crippen MR) is 161 cm³/mol. The zero-order chi connectivity index (χ0) is 26.5. The van der Waals surface area contributed by atoms with E-state index in [2.05, 4.69) is 138 Å². The molecular weight excluding hydrogens is 448 g/mol. The minimum absolute atomic E-state index is 0.0336. The largest absolute Gasteiger partial charge is 0.358 e. The van der Waals surface area contributed by atoms with Crippen LogP contribution in [-0.2, 0) is 19.5 Å². The minimum atomic E-state index is -0.0344. The van der Waals surface area contributed by atoms with Gasteiger partial charge in [0.25, 0.3) is 0 Å². The highest BCUT2D eigenvalue weighted by Gasteiger charge is 2.32. The molecule has 0 bridgehead atoms. The third kappa shape index (κ3) is 4.75. The number of allylic oxidation sites excluding steroid dienone is 2. The second kappa shape index (κ2) is 9.24. The van der Waals surface area contributed by atoms with Gasteiger partial charge in [0.1, 0.15) is 0 Å². The quantitative estimate of drug-likeness (QED) is 0.352. The van der Waals surface area contributed by atoms with Gasteiger partial charge in [0.05, 0.1) is 11.1 Å². The summed E-state index contributed by atoms with van der Waals surface area (Å²) in [5.41, 5.74) is 13.5. The third-order valence-electron chi connectivity index (χ3n) is 8.29. The van der Waals surface area contributed by atoms with E-state index < -0.39 is 0 Å². The first kappa shape index (κ1) is 25.4. The van der Waals surface area contributed by atoms with Crippen LogP contribution in [0.1, 0.15) is 81.8 Å². The normalized spacial score (nSPS) is 17.6. The van der Waals surface area contributed by atoms with E-state index in [4.69, 9.17) is 0 Å². The smallest absolute Gasteiger partial charge is 0.0538 e. The second-order valence-electron chi connectivity index (χ2n) is 12.2. The van der Waals surface area contributed by atoms with Crippen molar-refractivity contribution in [2.45, 2.75) is 86.0 Å². The number of benzene rings is 3. The van der Waals surface area contributed by atoms with Crippen LogP contribution in [0.4, 0.5) is 11.4 Å². The van der Waals surface area contributed by atoms with Crippen molar-refractivity contribution in [3.8, 4) is 0 Å². The Labute approximate surface area is 224 Å². The Morgan fingerprint density at radius 1 is 0.568 bits per heavy atom. The molecule has 0 saturated carbocycles. The van der Waals surface area contributed by atoms with Crippen LogP contribution in [0, 0.1) is 6.92 Å². The first-order valence-electron chi connectivity index (χ1n) is 13.7.